The number of aliphatic carboxylic acids is 1. The number of aliphatic hydroxyl groups is 1. The van der Waals surface area contributed by atoms with Crippen LogP contribution in [0.3, 0.4) is 0 Å². The quantitative estimate of drug-likeness (QED) is 0.711. The van der Waals surface area contributed by atoms with Gasteiger partial charge in [-0.1, -0.05) is 18.6 Å². The molecule has 0 fully saturated rings. The molecule has 3 unspecified atom stereocenters. The minimum Gasteiger partial charge on any atom is -0.496 e. The largest absolute Gasteiger partial charge is 0.496 e. The summed E-state index contributed by atoms with van der Waals surface area (Å²) in [5.41, 5.74) is 1.69. The van der Waals surface area contributed by atoms with Crippen LogP contribution in [0, 0.1) is 6.92 Å². The Morgan fingerprint density at radius 1 is 1.45 bits per heavy atom. The van der Waals surface area contributed by atoms with Gasteiger partial charge in [0.05, 0.1) is 13.2 Å². The maximum absolute atomic E-state index is 10.9. The molecule has 0 saturated carbocycles. The normalized spacial score (nSPS) is 15.4. The minimum absolute atomic E-state index is 0.350. The average molecular weight is 281 g/mol. The number of nitrogens with one attached hydrogen (secondary N) is 1. The number of carboxylic acid groups (broad SMARTS) is 1. The molecule has 5 heteroatoms. The van der Waals surface area contributed by atoms with Gasteiger partial charge in [0, 0.05) is 11.6 Å². The van der Waals surface area contributed by atoms with Gasteiger partial charge >= 0.3 is 5.97 Å². The lowest BCUT2D eigenvalue weighted by atomic mass is 9.97. The molecule has 0 aliphatic rings. The van der Waals surface area contributed by atoms with Crippen molar-refractivity contribution in [3.63, 3.8) is 0 Å². The van der Waals surface area contributed by atoms with Gasteiger partial charge in [-0.2, -0.15) is 0 Å². The second kappa shape index (κ2) is 7.26. The van der Waals surface area contributed by atoms with Crippen LogP contribution in [0.15, 0.2) is 18.2 Å². The smallest absolute Gasteiger partial charge is 0.320 e. The summed E-state index contributed by atoms with van der Waals surface area (Å²) < 4.78 is 5.26. The molecular formula is C15H23NO4. The van der Waals surface area contributed by atoms with Gasteiger partial charge in [-0.05, 0) is 32.4 Å². The van der Waals surface area contributed by atoms with Gasteiger partial charge in [-0.15, -0.1) is 0 Å². The van der Waals surface area contributed by atoms with Crippen molar-refractivity contribution in [2.45, 2.75) is 45.4 Å². The Hall–Kier alpha value is -1.59. The Labute approximate surface area is 119 Å². The van der Waals surface area contributed by atoms with E-state index in [0.717, 1.165) is 5.56 Å². The lowest BCUT2D eigenvalue weighted by molar-refractivity contribution is -0.139. The van der Waals surface area contributed by atoms with E-state index in [0.29, 0.717) is 17.7 Å². The highest BCUT2D eigenvalue weighted by Gasteiger charge is 2.25. The van der Waals surface area contributed by atoms with Crippen LogP contribution in [-0.4, -0.2) is 35.4 Å². The van der Waals surface area contributed by atoms with Crippen LogP contribution in [0.1, 0.15) is 37.5 Å². The molecule has 0 spiro atoms. The van der Waals surface area contributed by atoms with Gasteiger partial charge in [-0.25, -0.2) is 0 Å². The summed E-state index contributed by atoms with van der Waals surface area (Å²) in [6, 6.07) is 4.51. The lowest BCUT2D eigenvalue weighted by Gasteiger charge is -2.26. The SMILES string of the molecule is CCC(NC(C)C(=O)O)C(O)c1cc(C)ccc1OC. The fraction of sp³-hybridized carbons (Fsp3) is 0.533. The number of benzene rings is 1. The predicted molar refractivity (Wildman–Crippen MR) is 77.0 cm³/mol. The molecule has 112 valence electrons. The summed E-state index contributed by atoms with van der Waals surface area (Å²) in [6.45, 7) is 5.40. The molecule has 5 nitrogen and oxygen atoms in total. The van der Waals surface area contributed by atoms with Crippen LogP contribution in [0.5, 0.6) is 5.75 Å². The molecule has 1 rings (SSSR count). The summed E-state index contributed by atoms with van der Waals surface area (Å²) in [5.74, 6) is -0.335. The number of hydrogen-bond donors (Lipinski definition) is 3. The molecule has 0 amide bonds. The number of rotatable bonds is 7. The highest BCUT2D eigenvalue weighted by molar-refractivity contribution is 5.72. The van der Waals surface area contributed by atoms with E-state index in [1.807, 2.05) is 26.0 Å². The molecule has 20 heavy (non-hydrogen) atoms. The molecule has 0 aromatic heterocycles. The van der Waals surface area contributed by atoms with Crippen LogP contribution in [0.25, 0.3) is 0 Å². The molecule has 3 N–H and O–H groups in total. The second-order valence-electron chi connectivity index (χ2n) is 4.93. The van der Waals surface area contributed by atoms with Gasteiger partial charge < -0.3 is 14.9 Å². The molecule has 1 aromatic rings. The van der Waals surface area contributed by atoms with E-state index in [1.54, 1.807) is 20.1 Å². The van der Waals surface area contributed by atoms with Crippen molar-refractivity contribution in [3.8, 4) is 5.75 Å². The maximum atomic E-state index is 10.9. The molecular weight excluding hydrogens is 258 g/mol. The van der Waals surface area contributed by atoms with E-state index < -0.39 is 18.1 Å². The van der Waals surface area contributed by atoms with Gasteiger partial charge in [0.25, 0.3) is 0 Å². The first-order chi connectivity index (χ1) is 9.40. The van der Waals surface area contributed by atoms with Crippen molar-refractivity contribution >= 4 is 5.97 Å². The van der Waals surface area contributed by atoms with E-state index in [1.165, 1.54) is 0 Å². The first-order valence-electron chi connectivity index (χ1n) is 6.72. The summed E-state index contributed by atoms with van der Waals surface area (Å²) >= 11 is 0. The van der Waals surface area contributed by atoms with Crippen molar-refractivity contribution < 1.29 is 19.7 Å². The standard InChI is InChI=1S/C15H23NO4/c1-5-12(16-10(3)15(18)19)14(17)11-8-9(2)6-7-13(11)20-4/h6-8,10,12,14,16-17H,5H2,1-4H3,(H,18,19). The van der Waals surface area contributed by atoms with Crippen molar-refractivity contribution in [1.29, 1.82) is 0 Å². The number of carboxylic acids is 1. The monoisotopic (exact) mass is 281 g/mol. The van der Waals surface area contributed by atoms with Crippen molar-refractivity contribution in [3.05, 3.63) is 29.3 Å². The lowest BCUT2D eigenvalue weighted by Crippen LogP contribution is -2.44. The minimum atomic E-state index is -0.938. The fourth-order valence-electron chi connectivity index (χ4n) is 2.13. The highest BCUT2D eigenvalue weighted by atomic mass is 16.5. The maximum Gasteiger partial charge on any atom is 0.320 e. The Bertz CT molecular complexity index is 461. The zero-order valence-corrected chi connectivity index (χ0v) is 12.4. The van der Waals surface area contributed by atoms with Crippen LogP contribution in [-0.2, 0) is 4.79 Å². The molecule has 0 bridgehead atoms. The average Bonchev–Trinajstić information content (AvgIpc) is 2.43. The number of aliphatic hydroxyl groups excluding tert-OH is 1. The van der Waals surface area contributed by atoms with Crippen LogP contribution >= 0.6 is 0 Å². The van der Waals surface area contributed by atoms with Gasteiger partial charge in [0.15, 0.2) is 0 Å². The summed E-state index contributed by atoms with van der Waals surface area (Å²) in [5, 5.41) is 22.4. The molecule has 0 heterocycles. The van der Waals surface area contributed by atoms with Crippen molar-refractivity contribution in [1.82, 2.24) is 5.32 Å². The third-order valence-corrected chi connectivity index (χ3v) is 3.36. The predicted octanol–water partition coefficient (Wildman–Crippen LogP) is 1.88. The summed E-state index contributed by atoms with van der Waals surface area (Å²) in [4.78, 5) is 10.9. The number of ether oxygens (including phenoxy) is 1. The third kappa shape index (κ3) is 3.95. The second-order valence-corrected chi connectivity index (χ2v) is 4.93. The molecule has 0 saturated heterocycles. The number of hydrogen-bond acceptors (Lipinski definition) is 4. The zero-order chi connectivity index (χ0) is 15.3. The van der Waals surface area contributed by atoms with Crippen LogP contribution < -0.4 is 10.1 Å². The van der Waals surface area contributed by atoms with E-state index in [-0.39, 0.29) is 6.04 Å². The Morgan fingerprint density at radius 3 is 2.60 bits per heavy atom. The first-order valence-corrected chi connectivity index (χ1v) is 6.72. The Kier molecular flexibility index (Phi) is 5.98. The molecule has 0 aliphatic carbocycles. The van der Waals surface area contributed by atoms with E-state index in [9.17, 15) is 9.90 Å². The van der Waals surface area contributed by atoms with Gasteiger partial charge in [-0.3, -0.25) is 10.1 Å². The third-order valence-electron chi connectivity index (χ3n) is 3.36. The highest BCUT2D eigenvalue weighted by Crippen LogP contribution is 2.29. The van der Waals surface area contributed by atoms with E-state index in [4.69, 9.17) is 9.84 Å². The molecule has 1 aromatic carbocycles. The van der Waals surface area contributed by atoms with Crippen molar-refractivity contribution in [2.24, 2.45) is 0 Å². The van der Waals surface area contributed by atoms with E-state index in [2.05, 4.69) is 5.32 Å². The number of aryl methyl sites for hydroxylation is 1. The van der Waals surface area contributed by atoms with Crippen LogP contribution in [0.4, 0.5) is 0 Å². The molecule has 0 aliphatic heterocycles. The van der Waals surface area contributed by atoms with Crippen LogP contribution in [0.2, 0.25) is 0 Å². The fourth-order valence-corrected chi connectivity index (χ4v) is 2.13. The topological polar surface area (TPSA) is 78.8 Å². The summed E-state index contributed by atoms with van der Waals surface area (Å²) in [6.07, 6.45) is -0.216. The Morgan fingerprint density at radius 2 is 2.10 bits per heavy atom. The summed E-state index contributed by atoms with van der Waals surface area (Å²) in [7, 11) is 1.55. The van der Waals surface area contributed by atoms with Gasteiger partial charge in [0.2, 0.25) is 0 Å². The number of carbonyl (C=O) groups is 1. The van der Waals surface area contributed by atoms with Gasteiger partial charge in [0.1, 0.15) is 11.8 Å². The van der Waals surface area contributed by atoms with E-state index >= 15 is 0 Å². The molecule has 0 radical (unpaired) electrons. The zero-order valence-electron chi connectivity index (χ0n) is 12.4. The first kappa shape index (κ1) is 16.5. The number of methoxy groups -OCH3 is 1. The Balaban J connectivity index is 2.98. The van der Waals surface area contributed by atoms with Crippen molar-refractivity contribution in [2.75, 3.05) is 7.11 Å². The molecule has 3 atom stereocenters.